The van der Waals surface area contributed by atoms with Gasteiger partial charge in [0.2, 0.25) is 6.10 Å². The zero-order valence-corrected chi connectivity index (χ0v) is 16.3. The molecule has 0 saturated heterocycles. The average molecular weight is 390 g/mol. The molecule has 2 heterocycles. The number of hydrogen-bond donors (Lipinski definition) is 1. The summed E-state index contributed by atoms with van der Waals surface area (Å²) in [5.41, 5.74) is 4.00. The van der Waals surface area contributed by atoms with Crippen LogP contribution in [0.15, 0.2) is 65.9 Å². The number of hydrogen-bond acceptors (Lipinski definition) is 5. The van der Waals surface area contributed by atoms with E-state index >= 15 is 0 Å². The number of ether oxygens (including phenoxy) is 1. The van der Waals surface area contributed by atoms with Gasteiger partial charge in [0.25, 0.3) is 5.91 Å². The van der Waals surface area contributed by atoms with E-state index < -0.39 is 6.10 Å². The Morgan fingerprint density at radius 2 is 1.93 bits per heavy atom. The van der Waals surface area contributed by atoms with E-state index in [-0.39, 0.29) is 5.91 Å². The lowest BCUT2D eigenvalue weighted by Gasteiger charge is -2.07. The molecule has 2 aromatic carbocycles. The molecule has 3 aromatic rings. The first-order valence-electron chi connectivity index (χ1n) is 9.38. The molecule has 1 aromatic heterocycles. The first-order chi connectivity index (χ1) is 14.1. The van der Waals surface area contributed by atoms with Crippen molar-refractivity contribution >= 4 is 17.4 Å². The maximum Gasteiger partial charge on any atom is 0.269 e. The second-order valence-corrected chi connectivity index (χ2v) is 6.94. The molecule has 7 nitrogen and oxygen atoms in total. The molecule has 1 amide bonds. The summed E-state index contributed by atoms with van der Waals surface area (Å²) in [6, 6.07) is 17.5. The summed E-state index contributed by atoms with van der Waals surface area (Å²) in [5, 5.41) is 11.3. The summed E-state index contributed by atoms with van der Waals surface area (Å²) >= 11 is 0. The number of aryl methyl sites for hydroxylation is 1. The molecule has 0 saturated carbocycles. The molecule has 1 unspecified atom stereocenters. The van der Waals surface area contributed by atoms with E-state index in [1.54, 1.807) is 17.9 Å². The number of oxime groups is 1. The number of amides is 1. The highest BCUT2D eigenvalue weighted by Crippen LogP contribution is 2.20. The van der Waals surface area contributed by atoms with Crippen molar-refractivity contribution in [1.29, 1.82) is 0 Å². The molecule has 7 heteroatoms. The van der Waals surface area contributed by atoms with Crippen LogP contribution in [0, 0.1) is 6.92 Å². The van der Waals surface area contributed by atoms with E-state index in [1.165, 1.54) is 5.56 Å². The van der Waals surface area contributed by atoms with Crippen molar-refractivity contribution in [3.05, 3.63) is 77.5 Å². The van der Waals surface area contributed by atoms with Crippen molar-refractivity contribution in [3.8, 4) is 5.75 Å². The van der Waals surface area contributed by atoms with Crippen LogP contribution in [0.3, 0.4) is 0 Å². The molecule has 4 rings (SSSR count). The Labute approximate surface area is 168 Å². The van der Waals surface area contributed by atoms with Crippen LogP contribution in [0.5, 0.6) is 5.75 Å². The monoisotopic (exact) mass is 390 g/mol. The zero-order valence-electron chi connectivity index (χ0n) is 16.3. The first-order valence-corrected chi connectivity index (χ1v) is 9.38. The minimum atomic E-state index is -0.672. The predicted octanol–water partition coefficient (Wildman–Crippen LogP) is 3.38. The van der Waals surface area contributed by atoms with Gasteiger partial charge in [0.05, 0.1) is 19.4 Å². The van der Waals surface area contributed by atoms with Gasteiger partial charge in [-0.3, -0.25) is 9.48 Å². The number of carbonyl (C=O) groups excluding carboxylic acids is 1. The van der Waals surface area contributed by atoms with Crippen molar-refractivity contribution < 1.29 is 14.4 Å². The summed E-state index contributed by atoms with van der Waals surface area (Å²) in [6.45, 7) is 2.70. The topological polar surface area (TPSA) is 77.7 Å². The van der Waals surface area contributed by atoms with E-state index in [4.69, 9.17) is 9.57 Å². The van der Waals surface area contributed by atoms with Gasteiger partial charge in [-0.25, -0.2) is 0 Å². The van der Waals surface area contributed by atoms with Crippen LogP contribution in [0.1, 0.15) is 23.1 Å². The first kappa shape index (κ1) is 18.7. The van der Waals surface area contributed by atoms with Crippen LogP contribution in [0.4, 0.5) is 5.82 Å². The average Bonchev–Trinajstić information content (AvgIpc) is 3.40. The fourth-order valence-corrected chi connectivity index (χ4v) is 3.08. The molecule has 0 radical (unpaired) electrons. The fourth-order valence-electron chi connectivity index (χ4n) is 3.08. The Balaban J connectivity index is 1.33. The molecule has 1 aliphatic heterocycles. The summed E-state index contributed by atoms with van der Waals surface area (Å²) in [5.74, 6) is 0.991. The van der Waals surface area contributed by atoms with E-state index in [2.05, 4.69) is 46.8 Å². The normalized spacial score (nSPS) is 15.5. The lowest BCUT2D eigenvalue weighted by molar-refractivity contribution is -0.125. The van der Waals surface area contributed by atoms with Crippen LogP contribution in [0.2, 0.25) is 0 Å². The Bertz CT molecular complexity index is 1020. The maximum atomic E-state index is 12.5. The van der Waals surface area contributed by atoms with E-state index in [0.29, 0.717) is 18.8 Å². The van der Waals surface area contributed by atoms with Gasteiger partial charge in [0, 0.05) is 18.7 Å². The van der Waals surface area contributed by atoms with Crippen molar-refractivity contribution in [2.45, 2.75) is 26.0 Å². The Kier molecular flexibility index (Phi) is 5.29. The molecular weight excluding hydrogens is 368 g/mol. The summed E-state index contributed by atoms with van der Waals surface area (Å²) in [7, 11) is 1.62. The van der Waals surface area contributed by atoms with Gasteiger partial charge < -0.3 is 14.9 Å². The van der Waals surface area contributed by atoms with Gasteiger partial charge in [-0.05, 0) is 42.3 Å². The van der Waals surface area contributed by atoms with Crippen LogP contribution >= 0.6 is 0 Å². The smallest absolute Gasteiger partial charge is 0.269 e. The van der Waals surface area contributed by atoms with Gasteiger partial charge in [0.15, 0.2) is 5.82 Å². The third kappa shape index (κ3) is 4.45. The van der Waals surface area contributed by atoms with Crippen LogP contribution in [-0.4, -0.2) is 34.6 Å². The number of nitrogens with zero attached hydrogens (tertiary/aromatic N) is 3. The van der Waals surface area contributed by atoms with Crippen molar-refractivity contribution in [2.75, 3.05) is 12.4 Å². The number of benzene rings is 2. The van der Waals surface area contributed by atoms with Gasteiger partial charge in [0.1, 0.15) is 5.75 Å². The van der Waals surface area contributed by atoms with Crippen LogP contribution in [-0.2, 0) is 16.2 Å². The van der Waals surface area contributed by atoms with Gasteiger partial charge >= 0.3 is 0 Å². The molecule has 1 atom stereocenters. The number of rotatable bonds is 6. The van der Waals surface area contributed by atoms with E-state index in [1.807, 2.05) is 30.5 Å². The SMILES string of the molecule is COc1ccc(C2=NOC(C(=O)Nc3ccn(Cc4ccc(C)cc4)n3)C2)cc1. The standard InChI is InChI=1S/C22H22N4O3/c1-15-3-5-16(6-4-15)14-26-12-11-21(24-26)23-22(27)20-13-19(25-29-20)17-7-9-18(28-2)10-8-17/h3-12,20H,13-14H2,1-2H3,(H,23,24,27). The number of carbonyl (C=O) groups is 1. The maximum absolute atomic E-state index is 12.5. The molecule has 0 bridgehead atoms. The van der Waals surface area contributed by atoms with Crippen LogP contribution in [0.25, 0.3) is 0 Å². The largest absolute Gasteiger partial charge is 0.497 e. The molecule has 29 heavy (non-hydrogen) atoms. The molecule has 1 N–H and O–H groups in total. The minimum Gasteiger partial charge on any atom is -0.497 e. The predicted molar refractivity (Wildman–Crippen MR) is 110 cm³/mol. The summed E-state index contributed by atoms with van der Waals surface area (Å²) in [4.78, 5) is 17.9. The number of aromatic nitrogens is 2. The Morgan fingerprint density at radius 1 is 1.17 bits per heavy atom. The second kappa shape index (κ2) is 8.18. The molecule has 0 spiro atoms. The number of nitrogens with one attached hydrogen (secondary N) is 1. The molecule has 0 aliphatic carbocycles. The van der Waals surface area contributed by atoms with E-state index in [9.17, 15) is 4.79 Å². The quantitative estimate of drug-likeness (QED) is 0.700. The van der Waals surface area contributed by atoms with Crippen molar-refractivity contribution in [1.82, 2.24) is 9.78 Å². The molecular formula is C22H22N4O3. The van der Waals surface area contributed by atoms with Gasteiger partial charge in [-0.2, -0.15) is 5.10 Å². The van der Waals surface area contributed by atoms with Crippen molar-refractivity contribution in [3.63, 3.8) is 0 Å². The summed E-state index contributed by atoms with van der Waals surface area (Å²) in [6.07, 6.45) is 1.57. The lowest BCUT2D eigenvalue weighted by Crippen LogP contribution is -2.28. The van der Waals surface area contributed by atoms with Crippen molar-refractivity contribution in [2.24, 2.45) is 5.16 Å². The third-order valence-electron chi connectivity index (χ3n) is 4.74. The molecule has 1 aliphatic rings. The number of methoxy groups -OCH3 is 1. The third-order valence-corrected chi connectivity index (χ3v) is 4.74. The van der Waals surface area contributed by atoms with Gasteiger partial charge in [-0.15, -0.1) is 0 Å². The van der Waals surface area contributed by atoms with Gasteiger partial charge in [-0.1, -0.05) is 35.0 Å². The highest BCUT2D eigenvalue weighted by atomic mass is 16.6. The number of anilines is 1. The highest BCUT2D eigenvalue weighted by molar-refractivity contribution is 6.06. The fraction of sp³-hybridized carbons (Fsp3) is 0.227. The lowest BCUT2D eigenvalue weighted by atomic mass is 10.0. The Morgan fingerprint density at radius 3 is 2.66 bits per heavy atom. The summed E-state index contributed by atoms with van der Waals surface area (Å²) < 4.78 is 6.94. The second-order valence-electron chi connectivity index (χ2n) is 6.94. The van der Waals surface area contributed by atoms with E-state index in [0.717, 1.165) is 22.6 Å². The Hall–Kier alpha value is -3.61. The zero-order chi connectivity index (χ0) is 20.2. The highest BCUT2D eigenvalue weighted by Gasteiger charge is 2.29. The van der Waals surface area contributed by atoms with Crippen LogP contribution < -0.4 is 10.1 Å². The molecule has 148 valence electrons. The minimum absolute atomic E-state index is 0.266. The molecule has 0 fully saturated rings.